The fourth-order valence-corrected chi connectivity index (χ4v) is 2.77. The van der Waals surface area contributed by atoms with E-state index in [1.165, 1.54) is 5.06 Å². The molecule has 1 atom stereocenters. The van der Waals surface area contributed by atoms with E-state index in [0.29, 0.717) is 11.3 Å². The molecule has 4 rings (SSSR count). The minimum absolute atomic E-state index is 0.131. The Morgan fingerprint density at radius 1 is 1.21 bits per heavy atom. The molecule has 24 heavy (non-hydrogen) atoms. The molecule has 1 aliphatic rings. The fourth-order valence-electron chi connectivity index (χ4n) is 2.77. The largest absolute Gasteiger partial charge is 0.389 e. The topological polar surface area (TPSA) is 75.6 Å². The molecule has 0 saturated carbocycles. The third kappa shape index (κ3) is 2.62. The average molecular weight is 321 g/mol. The highest BCUT2D eigenvalue weighted by Crippen LogP contribution is 2.26. The molecular weight excluding hydrogens is 306 g/mol. The van der Waals surface area contributed by atoms with Gasteiger partial charge in [0.05, 0.1) is 23.3 Å². The quantitative estimate of drug-likeness (QED) is 0.782. The number of fused-ring (bicyclic) bond motifs is 1. The van der Waals surface area contributed by atoms with Crippen molar-refractivity contribution >= 4 is 16.8 Å². The lowest BCUT2D eigenvalue weighted by atomic mass is 10.0. The van der Waals surface area contributed by atoms with Crippen LogP contribution in [0.4, 0.5) is 0 Å². The Hall–Kier alpha value is -2.83. The van der Waals surface area contributed by atoms with E-state index < -0.39 is 6.10 Å². The highest BCUT2D eigenvalue weighted by atomic mass is 16.7. The van der Waals surface area contributed by atoms with Crippen molar-refractivity contribution in [3.8, 4) is 11.3 Å². The predicted molar refractivity (Wildman–Crippen MR) is 88.0 cm³/mol. The van der Waals surface area contributed by atoms with Crippen molar-refractivity contribution in [2.75, 3.05) is 13.2 Å². The first-order chi connectivity index (χ1) is 11.7. The molecule has 1 amide bonds. The monoisotopic (exact) mass is 321 g/mol. The van der Waals surface area contributed by atoms with Gasteiger partial charge in [0.1, 0.15) is 12.7 Å². The van der Waals surface area contributed by atoms with E-state index in [4.69, 9.17) is 4.84 Å². The Kier molecular flexibility index (Phi) is 3.68. The Labute approximate surface area is 138 Å². The van der Waals surface area contributed by atoms with Crippen LogP contribution in [0.5, 0.6) is 0 Å². The van der Waals surface area contributed by atoms with Gasteiger partial charge in [-0.05, 0) is 24.3 Å². The van der Waals surface area contributed by atoms with E-state index >= 15 is 0 Å². The summed E-state index contributed by atoms with van der Waals surface area (Å²) in [5, 5.41) is 11.6. The van der Waals surface area contributed by atoms with Crippen LogP contribution in [0.25, 0.3) is 22.2 Å². The number of amides is 1. The normalized spacial score (nSPS) is 17.4. The molecule has 0 aliphatic carbocycles. The van der Waals surface area contributed by atoms with Crippen molar-refractivity contribution < 1.29 is 14.7 Å². The number of hydroxylamine groups is 2. The lowest BCUT2D eigenvalue weighted by molar-refractivity contribution is -0.0778. The third-order valence-corrected chi connectivity index (χ3v) is 3.95. The smallest absolute Gasteiger partial charge is 0.278 e. The summed E-state index contributed by atoms with van der Waals surface area (Å²) in [5.74, 6) is -0.277. The summed E-state index contributed by atoms with van der Waals surface area (Å²) >= 11 is 0. The van der Waals surface area contributed by atoms with Gasteiger partial charge in [0, 0.05) is 23.3 Å². The summed E-state index contributed by atoms with van der Waals surface area (Å²) in [4.78, 5) is 26.8. The maximum atomic E-state index is 12.8. The van der Waals surface area contributed by atoms with Gasteiger partial charge in [-0.25, -0.2) is 10.0 Å². The lowest BCUT2D eigenvalue weighted by Gasteiger charge is -2.16. The number of aromatic nitrogens is 2. The van der Waals surface area contributed by atoms with E-state index in [2.05, 4.69) is 9.97 Å². The van der Waals surface area contributed by atoms with Crippen LogP contribution in [-0.4, -0.2) is 45.3 Å². The Bertz CT molecular complexity index is 898. The van der Waals surface area contributed by atoms with Gasteiger partial charge in [0.15, 0.2) is 0 Å². The Morgan fingerprint density at radius 2 is 2.00 bits per heavy atom. The zero-order valence-corrected chi connectivity index (χ0v) is 12.8. The van der Waals surface area contributed by atoms with E-state index in [9.17, 15) is 9.90 Å². The fraction of sp³-hybridized carbons (Fsp3) is 0.167. The Balaban J connectivity index is 1.85. The van der Waals surface area contributed by atoms with Crippen LogP contribution in [0.3, 0.4) is 0 Å². The zero-order chi connectivity index (χ0) is 16.5. The van der Waals surface area contributed by atoms with Crippen LogP contribution in [0.1, 0.15) is 10.4 Å². The molecule has 1 aliphatic heterocycles. The van der Waals surface area contributed by atoms with E-state index in [1.807, 2.05) is 36.4 Å². The first kappa shape index (κ1) is 14.7. The number of β-amino-alcohol motifs (C(OH)–C–C–N with tert-alkyl or cyclic N) is 1. The highest BCUT2D eigenvalue weighted by Gasteiger charge is 2.28. The van der Waals surface area contributed by atoms with Gasteiger partial charge in [0.2, 0.25) is 0 Å². The van der Waals surface area contributed by atoms with Crippen molar-refractivity contribution in [3.63, 3.8) is 0 Å². The van der Waals surface area contributed by atoms with Gasteiger partial charge in [-0.2, -0.15) is 0 Å². The number of hydrogen-bond acceptors (Lipinski definition) is 5. The van der Waals surface area contributed by atoms with Gasteiger partial charge in [-0.1, -0.05) is 18.2 Å². The second-order valence-corrected chi connectivity index (χ2v) is 5.62. The van der Waals surface area contributed by atoms with Crippen molar-refractivity contribution in [1.82, 2.24) is 15.0 Å². The molecule has 3 heterocycles. The second kappa shape index (κ2) is 5.99. The van der Waals surface area contributed by atoms with Gasteiger partial charge in [-0.15, -0.1) is 0 Å². The van der Waals surface area contributed by atoms with Gasteiger partial charge >= 0.3 is 0 Å². The number of aliphatic hydroxyl groups excluding tert-OH is 1. The molecule has 6 nitrogen and oxygen atoms in total. The van der Waals surface area contributed by atoms with Crippen molar-refractivity contribution in [2.45, 2.75) is 6.10 Å². The molecule has 2 aromatic heterocycles. The van der Waals surface area contributed by atoms with Crippen LogP contribution < -0.4 is 0 Å². The molecular formula is C18H15N3O3. The standard InChI is InChI=1S/C18H15N3O3/c22-13-10-21(24-11-13)18(23)15-9-17(12-5-7-19-8-6-12)20-16-4-2-1-3-14(15)16/h1-9,13,22H,10-11H2. The van der Waals surface area contributed by atoms with Crippen LogP contribution in [0.15, 0.2) is 54.9 Å². The first-order valence-corrected chi connectivity index (χ1v) is 7.65. The number of benzene rings is 1. The summed E-state index contributed by atoms with van der Waals surface area (Å²) < 4.78 is 0. The molecule has 6 heteroatoms. The third-order valence-electron chi connectivity index (χ3n) is 3.95. The van der Waals surface area contributed by atoms with Crippen molar-refractivity contribution in [2.24, 2.45) is 0 Å². The molecule has 1 N–H and O–H groups in total. The van der Waals surface area contributed by atoms with E-state index in [-0.39, 0.29) is 19.1 Å². The Morgan fingerprint density at radius 3 is 2.75 bits per heavy atom. The number of hydrogen-bond donors (Lipinski definition) is 1. The van der Waals surface area contributed by atoms with Gasteiger partial charge in [0.25, 0.3) is 5.91 Å². The summed E-state index contributed by atoms with van der Waals surface area (Å²) in [6, 6.07) is 12.9. The molecule has 1 saturated heterocycles. The zero-order valence-electron chi connectivity index (χ0n) is 12.8. The van der Waals surface area contributed by atoms with Crippen molar-refractivity contribution in [3.05, 3.63) is 60.4 Å². The van der Waals surface area contributed by atoms with Crippen LogP contribution in [-0.2, 0) is 4.84 Å². The number of pyridine rings is 2. The first-order valence-electron chi connectivity index (χ1n) is 7.65. The molecule has 0 radical (unpaired) electrons. The lowest BCUT2D eigenvalue weighted by Crippen LogP contribution is -2.28. The highest BCUT2D eigenvalue weighted by molar-refractivity contribution is 6.06. The maximum Gasteiger partial charge on any atom is 0.278 e. The predicted octanol–water partition coefficient (Wildman–Crippen LogP) is 2.05. The van der Waals surface area contributed by atoms with Gasteiger partial charge < -0.3 is 5.11 Å². The second-order valence-electron chi connectivity index (χ2n) is 5.62. The number of aliphatic hydroxyl groups is 1. The van der Waals surface area contributed by atoms with Gasteiger partial charge in [-0.3, -0.25) is 14.6 Å². The molecule has 1 fully saturated rings. The van der Waals surface area contributed by atoms with Crippen LogP contribution >= 0.6 is 0 Å². The van der Waals surface area contributed by atoms with Crippen molar-refractivity contribution in [1.29, 1.82) is 0 Å². The SMILES string of the molecule is O=C(c1cc(-c2ccncc2)nc2ccccc12)N1CC(O)CO1. The van der Waals surface area contributed by atoms with E-state index in [0.717, 1.165) is 16.5 Å². The minimum Gasteiger partial charge on any atom is -0.389 e. The average Bonchev–Trinajstić information content (AvgIpc) is 3.07. The summed E-state index contributed by atoms with van der Waals surface area (Å²) in [7, 11) is 0. The van der Waals surface area contributed by atoms with Crippen LogP contribution in [0, 0.1) is 0 Å². The minimum atomic E-state index is -0.651. The number of carbonyl (C=O) groups excluding carboxylic acids is 1. The number of rotatable bonds is 2. The summed E-state index contributed by atoms with van der Waals surface area (Å²) in [5.41, 5.74) is 2.81. The maximum absolute atomic E-state index is 12.8. The molecule has 3 aromatic rings. The molecule has 0 bridgehead atoms. The number of carbonyl (C=O) groups is 1. The molecule has 0 spiro atoms. The number of para-hydroxylation sites is 1. The molecule has 1 unspecified atom stereocenters. The molecule has 120 valence electrons. The van der Waals surface area contributed by atoms with E-state index in [1.54, 1.807) is 18.5 Å². The summed E-state index contributed by atoms with van der Waals surface area (Å²) in [6.07, 6.45) is 2.73. The number of nitrogens with zero attached hydrogens (tertiary/aromatic N) is 3. The molecule has 1 aromatic carbocycles. The van der Waals surface area contributed by atoms with Crippen LogP contribution in [0.2, 0.25) is 0 Å². The summed E-state index contributed by atoms with van der Waals surface area (Å²) in [6.45, 7) is 0.298.